The van der Waals surface area contributed by atoms with E-state index in [0.29, 0.717) is 0 Å². The molecule has 0 spiro atoms. The van der Waals surface area contributed by atoms with Crippen molar-refractivity contribution in [3.63, 3.8) is 0 Å². The van der Waals surface area contributed by atoms with Crippen molar-refractivity contribution in [1.29, 1.82) is 0 Å². The van der Waals surface area contributed by atoms with Crippen LogP contribution in [0.2, 0.25) is 0 Å². The lowest BCUT2D eigenvalue weighted by Crippen LogP contribution is -2.69. The minimum absolute atomic E-state index is 0.00189. The maximum atomic E-state index is 14.3. The minimum Gasteiger partial charge on any atom is -0.495 e. The molecule has 3 aliphatic heterocycles. The molecule has 3 fully saturated rings. The van der Waals surface area contributed by atoms with E-state index in [1.54, 1.807) is 0 Å². The normalized spacial score (nSPS) is 25.7. The van der Waals surface area contributed by atoms with Crippen molar-refractivity contribution in [1.82, 2.24) is 8.61 Å². The zero-order chi connectivity index (χ0) is 34.0. The highest BCUT2D eigenvalue weighted by molar-refractivity contribution is 7.93. The van der Waals surface area contributed by atoms with Gasteiger partial charge in [-0.25, -0.2) is 33.7 Å². The van der Waals surface area contributed by atoms with E-state index < -0.39 is 109 Å². The molecule has 0 aliphatic carbocycles. The summed E-state index contributed by atoms with van der Waals surface area (Å²) in [6, 6.07) is 1.16. The first-order valence-corrected chi connectivity index (χ1v) is 20.2. The number of nitrogens with one attached hydrogen (secondary N) is 2. The van der Waals surface area contributed by atoms with Crippen LogP contribution in [0.5, 0.6) is 11.5 Å². The van der Waals surface area contributed by atoms with Crippen LogP contribution in [0.4, 0.5) is 11.4 Å². The number of ether oxygens (including phenoxy) is 2. The fourth-order valence-electron chi connectivity index (χ4n) is 6.31. The fraction of sp³-hybridized carbons (Fsp3) is 0.462. The first-order valence-electron chi connectivity index (χ1n) is 13.7. The molecule has 3 saturated heterocycles. The summed E-state index contributed by atoms with van der Waals surface area (Å²) in [6.07, 6.45) is 0. The average molecular weight is 721 g/mol. The molecule has 2 amide bonds. The number of carbonyl (C=O) groups excluding carboxylic acids is 2. The van der Waals surface area contributed by atoms with E-state index in [-0.39, 0.29) is 22.9 Å². The summed E-state index contributed by atoms with van der Waals surface area (Å²) in [6.45, 7) is 2.40. The second kappa shape index (κ2) is 11.7. The van der Waals surface area contributed by atoms with Gasteiger partial charge < -0.3 is 20.1 Å². The van der Waals surface area contributed by atoms with Gasteiger partial charge in [-0.05, 0) is 36.4 Å². The molecule has 0 bridgehead atoms. The number of anilines is 2. The zero-order valence-corrected chi connectivity index (χ0v) is 28.3. The van der Waals surface area contributed by atoms with Gasteiger partial charge in [0, 0.05) is 13.8 Å². The molecule has 0 saturated carbocycles. The van der Waals surface area contributed by atoms with E-state index in [2.05, 4.69) is 10.6 Å². The Labute approximate surface area is 267 Å². The number of piperazine rings is 1. The van der Waals surface area contributed by atoms with Crippen LogP contribution in [-0.2, 0) is 49.3 Å². The minimum atomic E-state index is -4.70. The third kappa shape index (κ3) is 6.08. The predicted octanol–water partition coefficient (Wildman–Crippen LogP) is -0.353. The molecule has 0 radical (unpaired) electrons. The highest BCUT2D eigenvalue weighted by Crippen LogP contribution is 2.44. The van der Waals surface area contributed by atoms with Crippen molar-refractivity contribution < 1.29 is 52.7 Å². The number of methoxy groups -OCH3 is 2. The van der Waals surface area contributed by atoms with Crippen molar-refractivity contribution in [3.8, 4) is 11.5 Å². The molecule has 5 rings (SSSR count). The molecule has 2 aromatic rings. The van der Waals surface area contributed by atoms with Gasteiger partial charge in [-0.1, -0.05) is 0 Å². The fourth-order valence-corrected chi connectivity index (χ4v) is 14.4. The van der Waals surface area contributed by atoms with E-state index in [0.717, 1.165) is 20.7 Å². The van der Waals surface area contributed by atoms with Crippen molar-refractivity contribution in [2.24, 2.45) is 0 Å². The molecule has 20 heteroatoms. The quantitative estimate of drug-likeness (QED) is 0.358. The Balaban J connectivity index is 1.68. The van der Waals surface area contributed by atoms with Crippen LogP contribution in [0, 0.1) is 0 Å². The Morgan fingerprint density at radius 1 is 0.652 bits per heavy atom. The maximum Gasteiger partial charge on any atom is 0.243 e. The van der Waals surface area contributed by atoms with Gasteiger partial charge in [-0.3, -0.25) is 9.59 Å². The Hall–Kier alpha value is -3.30. The summed E-state index contributed by atoms with van der Waals surface area (Å²) >= 11 is 0. The number of fused-ring (bicyclic) bond motifs is 2. The van der Waals surface area contributed by atoms with Gasteiger partial charge in [-0.2, -0.15) is 8.61 Å². The van der Waals surface area contributed by atoms with Crippen LogP contribution >= 0.6 is 0 Å². The Bertz CT molecular complexity index is 1870. The van der Waals surface area contributed by atoms with E-state index in [9.17, 15) is 43.3 Å². The second-order valence-electron chi connectivity index (χ2n) is 11.2. The van der Waals surface area contributed by atoms with Gasteiger partial charge >= 0.3 is 0 Å². The summed E-state index contributed by atoms with van der Waals surface area (Å²) in [5, 5.41) is 4.93. The summed E-state index contributed by atoms with van der Waals surface area (Å²) in [4.78, 5) is 22.8. The summed E-state index contributed by atoms with van der Waals surface area (Å²) in [7, 11) is -14.9. The smallest absolute Gasteiger partial charge is 0.243 e. The first kappa shape index (κ1) is 34.0. The van der Waals surface area contributed by atoms with E-state index >= 15 is 0 Å². The monoisotopic (exact) mass is 720 g/mol. The number of hydrogen-bond acceptors (Lipinski definition) is 12. The SMILES string of the molecule is COc1ccc(S(=O)(=O)N2[C@@H]3CS(=O)(=O)C[C@@H]3N(S(=O)(=O)c3ccc(OC)c(NC(C)=O)c3)[C@H]3CS(=O)(=O)C[C@@H]32)cc1NC(C)=O. The number of rotatable bonds is 8. The topological polar surface area (TPSA) is 220 Å². The lowest BCUT2D eigenvalue weighted by atomic mass is 10.0. The number of sulfonamides is 2. The predicted molar refractivity (Wildman–Crippen MR) is 165 cm³/mol. The van der Waals surface area contributed by atoms with Gasteiger partial charge in [0.05, 0.1) is 82.6 Å². The van der Waals surface area contributed by atoms with Crippen LogP contribution in [0.15, 0.2) is 46.2 Å². The van der Waals surface area contributed by atoms with Gasteiger partial charge in [0.25, 0.3) is 0 Å². The van der Waals surface area contributed by atoms with Gasteiger partial charge in [0.15, 0.2) is 19.7 Å². The molecule has 0 aromatic heterocycles. The number of benzene rings is 2. The molecule has 4 atom stereocenters. The van der Waals surface area contributed by atoms with Crippen LogP contribution in [-0.4, -0.2) is 115 Å². The molecule has 2 N–H and O–H groups in total. The molecule has 3 aliphatic rings. The van der Waals surface area contributed by atoms with Crippen LogP contribution < -0.4 is 20.1 Å². The molecular weight excluding hydrogens is 689 g/mol. The summed E-state index contributed by atoms with van der Waals surface area (Å²) < 4.78 is 122. The van der Waals surface area contributed by atoms with Gasteiger partial charge in [-0.15, -0.1) is 0 Å². The largest absolute Gasteiger partial charge is 0.495 e. The molecule has 3 heterocycles. The lowest BCUT2D eigenvalue weighted by Gasteiger charge is -2.49. The summed E-state index contributed by atoms with van der Waals surface area (Å²) in [5.41, 5.74) is -0.00379. The van der Waals surface area contributed by atoms with Crippen LogP contribution in [0.25, 0.3) is 0 Å². The Morgan fingerprint density at radius 2 is 0.957 bits per heavy atom. The lowest BCUT2D eigenvalue weighted by molar-refractivity contribution is -0.115. The second-order valence-corrected chi connectivity index (χ2v) is 19.2. The Kier molecular flexibility index (Phi) is 8.69. The molecule has 0 unspecified atom stereocenters. The number of amides is 2. The van der Waals surface area contributed by atoms with Crippen molar-refractivity contribution >= 4 is 62.9 Å². The van der Waals surface area contributed by atoms with E-state index in [1.165, 1.54) is 52.3 Å². The molecular formula is C26H32N4O12S4. The number of hydrogen-bond donors (Lipinski definition) is 2. The average Bonchev–Trinajstić information content (AvgIpc) is 3.42. The molecule has 46 heavy (non-hydrogen) atoms. The van der Waals surface area contributed by atoms with Crippen molar-refractivity contribution in [2.75, 3.05) is 47.9 Å². The molecule has 16 nitrogen and oxygen atoms in total. The van der Waals surface area contributed by atoms with Crippen LogP contribution in [0.3, 0.4) is 0 Å². The third-order valence-electron chi connectivity index (χ3n) is 8.01. The van der Waals surface area contributed by atoms with Gasteiger partial charge in [0.2, 0.25) is 31.9 Å². The first-order chi connectivity index (χ1) is 21.3. The Morgan fingerprint density at radius 3 is 1.22 bits per heavy atom. The number of carbonyl (C=O) groups is 2. The zero-order valence-electron chi connectivity index (χ0n) is 25.0. The van der Waals surface area contributed by atoms with Crippen molar-refractivity contribution in [2.45, 2.75) is 47.8 Å². The number of sulfone groups is 2. The standard InChI is InChI=1S/C26H32N4O12S4/c1-15(31)27-19-9-17(5-7-25(19)41-3)45(37,38)29-21-11-43(33,34)13-23(21)30(24-14-44(35,36)12-22(24)29)46(39,40)18-6-8-26(42-4)20(10-18)28-16(2)32/h5-10,21-24H,11-14H2,1-4H3,(H,27,31)(H,28,32)/t21-,22-,23-,24+/m0/s1. The van der Waals surface area contributed by atoms with Crippen LogP contribution in [0.1, 0.15) is 13.8 Å². The highest BCUT2D eigenvalue weighted by Gasteiger charge is 2.63. The number of nitrogens with zero attached hydrogens (tertiary/aromatic N) is 2. The maximum absolute atomic E-state index is 14.3. The molecule has 252 valence electrons. The van der Waals surface area contributed by atoms with E-state index in [1.807, 2.05) is 0 Å². The third-order valence-corrected chi connectivity index (χ3v) is 15.3. The van der Waals surface area contributed by atoms with E-state index in [4.69, 9.17) is 9.47 Å². The van der Waals surface area contributed by atoms with Gasteiger partial charge in [0.1, 0.15) is 11.5 Å². The van der Waals surface area contributed by atoms with Crippen molar-refractivity contribution in [3.05, 3.63) is 36.4 Å². The highest BCUT2D eigenvalue weighted by atomic mass is 32.2. The summed E-state index contributed by atoms with van der Waals surface area (Å²) in [5.74, 6) is -3.86. The molecule has 2 aromatic carbocycles.